The number of aryl methyl sites for hydroxylation is 1. The molecule has 0 amide bonds. The molecule has 0 bridgehead atoms. The van der Waals surface area contributed by atoms with Gasteiger partial charge in [-0.25, -0.2) is 0 Å². The Morgan fingerprint density at radius 1 is 1.04 bits per heavy atom. The van der Waals surface area contributed by atoms with Gasteiger partial charge < -0.3 is 13.8 Å². The highest BCUT2D eigenvalue weighted by Crippen LogP contribution is 2.45. The van der Waals surface area contributed by atoms with Crippen molar-refractivity contribution in [3.63, 3.8) is 0 Å². The summed E-state index contributed by atoms with van der Waals surface area (Å²) in [6.07, 6.45) is 6.07. The molecule has 2 heterocycles. The van der Waals surface area contributed by atoms with Gasteiger partial charge in [0.25, 0.3) is 5.89 Å². The third-order valence-electron chi connectivity index (χ3n) is 5.65. The molecule has 0 saturated heterocycles. The molecule has 0 aliphatic heterocycles. The van der Waals surface area contributed by atoms with Crippen molar-refractivity contribution in [3.05, 3.63) is 71.5 Å². The molecule has 1 aliphatic carbocycles. The zero-order chi connectivity index (χ0) is 19.0. The first-order valence-electron chi connectivity index (χ1n) is 9.61. The van der Waals surface area contributed by atoms with Gasteiger partial charge >= 0.3 is 0 Å². The molecule has 0 radical (unpaired) electrons. The Hall–Kier alpha value is -3.15. The molecule has 0 unspecified atom stereocenters. The molecule has 2 aromatic heterocycles. The standard InChI is InChI=1S/C22H21N3O3/c1-15-7-9-17(10-8-15)22(11-2-3-12-22)21-24-19(27-25-21)14-26-18-6-4-5-16-13-23-28-20(16)18/h4-10,13H,2-3,11-12,14H2,1H3. The minimum atomic E-state index is -0.166. The summed E-state index contributed by atoms with van der Waals surface area (Å²) in [5, 5.41) is 9.04. The van der Waals surface area contributed by atoms with E-state index in [0.29, 0.717) is 17.2 Å². The second-order valence-corrected chi connectivity index (χ2v) is 7.46. The van der Waals surface area contributed by atoms with E-state index in [0.717, 1.165) is 24.1 Å². The van der Waals surface area contributed by atoms with Crippen LogP contribution in [0, 0.1) is 6.92 Å². The Kier molecular flexibility index (Phi) is 4.11. The number of fused-ring (bicyclic) bond motifs is 1. The van der Waals surface area contributed by atoms with Crippen molar-refractivity contribution >= 4 is 11.0 Å². The number of benzene rings is 2. The number of aromatic nitrogens is 3. The predicted octanol–water partition coefficient (Wildman–Crippen LogP) is 4.96. The van der Waals surface area contributed by atoms with Crippen LogP contribution in [0.4, 0.5) is 0 Å². The third kappa shape index (κ3) is 2.85. The minimum Gasteiger partial charge on any atom is -0.480 e. The van der Waals surface area contributed by atoms with Crippen LogP contribution >= 0.6 is 0 Å². The lowest BCUT2D eigenvalue weighted by molar-refractivity contribution is 0.240. The van der Waals surface area contributed by atoms with Gasteiger partial charge in [-0.2, -0.15) is 4.98 Å². The third-order valence-corrected chi connectivity index (χ3v) is 5.65. The highest BCUT2D eigenvalue weighted by molar-refractivity contribution is 5.81. The molecule has 5 rings (SSSR count). The predicted molar refractivity (Wildman–Crippen MR) is 103 cm³/mol. The van der Waals surface area contributed by atoms with E-state index in [2.05, 4.69) is 41.5 Å². The second-order valence-electron chi connectivity index (χ2n) is 7.46. The summed E-state index contributed by atoms with van der Waals surface area (Å²) >= 11 is 0. The number of nitrogens with zero attached hydrogens (tertiary/aromatic N) is 3. The van der Waals surface area contributed by atoms with Gasteiger partial charge in [0.2, 0.25) is 5.58 Å². The summed E-state index contributed by atoms with van der Waals surface area (Å²) in [4.78, 5) is 4.70. The van der Waals surface area contributed by atoms with Gasteiger partial charge in [-0.15, -0.1) is 0 Å². The Morgan fingerprint density at radius 2 is 1.86 bits per heavy atom. The molecular weight excluding hydrogens is 354 g/mol. The summed E-state index contributed by atoms with van der Waals surface area (Å²) < 4.78 is 16.7. The van der Waals surface area contributed by atoms with E-state index in [-0.39, 0.29) is 12.0 Å². The summed E-state index contributed by atoms with van der Waals surface area (Å²) in [7, 11) is 0. The normalized spacial score (nSPS) is 15.9. The van der Waals surface area contributed by atoms with Crippen LogP contribution in [0.15, 0.2) is 57.7 Å². The van der Waals surface area contributed by atoms with Crippen molar-refractivity contribution in [2.75, 3.05) is 0 Å². The fourth-order valence-electron chi connectivity index (χ4n) is 4.12. The van der Waals surface area contributed by atoms with Crippen molar-refractivity contribution in [2.45, 2.75) is 44.6 Å². The average molecular weight is 375 g/mol. The van der Waals surface area contributed by atoms with Crippen molar-refractivity contribution < 1.29 is 13.8 Å². The molecule has 0 atom stereocenters. The molecule has 0 N–H and O–H groups in total. The van der Waals surface area contributed by atoms with Gasteiger partial charge in [0, 0.05) is 5.39 Å². The van der Waals surface area contributed by atoms with E-state index >= 15 is 0 Å². The van der Waals surface area contributed by atoms with Crippen molar-refractivity contribution in [1.82, 2.24) is 15.3 Å². The lowest BCUT2D eigenvalue weighted by Crippen LogP contribution is -2.25. The first-order chi connectivity index (χ1) is 13.7. The van der Waals surface area contributed by atoms with Gasteiger partial charge in [-0.05, 0) is 37.5 Å². The number of hydrogen-bond acceptors (Lipinski definition) is 6. The lowest BCUT2D eigenvalue weighted by atomic mass is 9.78. The molecule has 1 aliphatic rings. The van der Waals surface area contributed by atoms with Gasteiger partial charge in [0.15, 0.2) is 18.2 Å². The first kappa shape index (κ1) is 17.0. The SMILES string of the molecule is Cc1ccc(C2(c3noc(COc4cccc5cnoc45)n3)CCCC2)cc1. The fourth-order valence-corrected chi connectivity index (χ4v) is 4.12. The molecule has 28 heavy (non-hydrogen) atoms. The zero-order valence-electron chi connectivity index (χ0n) is 15.7. The van der Waals surface area contributed by atoms with E-state index < -0.39 is 0 Å². The number of rotatable bonds is 5. The van der Waals surface area contributed by atoms with E-state index in [1.54, 1.807) is 6.20 Å². The maximum Gasteiger partial charge on any atom is 0.264 e. The molecule has 142 valence electrons. The van der Waals surface area contributed by atoms with Crippen LogP contribution in [0.5, 0.6) is 5.75 Å². The van der Waals surface area contributed by atoms with Crippen LogP contribution in [-0.2, 0) is 12.0 Å². The van der Waals surface area contributed by atoms with E-state index in [9.17, 15) is 0 Å². The van der Waals surface area contributed by atoms with E-state index in [1.807, 2.05) is 18.2 Å². The summed E-state index contributed by atoms with van der Waals surface area (Å²) in [6, 6.07) is 14.4. The van der Waals surface area contributed by atoms with Crippen LogP contribution in [-0.4, -0.2) is 15.3 Å². The van der Waals surface area contributed by atoms with Crippen LogP contribution in [0.25, 0.3) is 11.0 Å². The van der Waals surface area contributed by atoms with Gasteiger partial charge in [-0.1, -0.05) is 59.1 Å². The molecular formula is C22H21N3O3. The highest BCUT2D eigenvalue weighted by atomic mass is 16.5. The number of ether oxygens (including phenoxy) is 1. The van der Waals surface area contributed by atoms with Gasteiger partial charge in [0.05, 0.1) is 11.6 Å². The van der Waals surface area contributed by atoms with E-state index in [4.69, 9.17) is 18.8 Å². The molecule has 1 fully saturated rings. The van der Waals surface area contributed by atoms with Crippen molar-refractivity contribution in [3.8, 4) is 5.75 Å². The molecule has 6 heteroatoms. The highest BCUT2D eigenvalue weighted by Gasteiger charge is 2.41. The lowest BCUT2D eigenvalue weighted by Gasteiger charge is -2.25. The van der Waals surface area contributed by atoms with Crippen molar-refractivity contribution in [2.24, 2.45) is 0 Å². The quantitative estimate of drug-likeness (QED) is 0.491. The van der Waals surface area contributed by atoms with Crippen LogP contribution in [0.2, 0.25) is 0 Å². The maximum absolute atomic E-state index is 5.86. The molecule has 1 saturated carbocycles. The minimum absolute atomic E-state index is 0.166. The summed E-state index contributed by atoms with van der Waals surface area (Å²) in [5.41, 5.74) is 2.96. The van der Waals surface area contributed by atoms with Crippen molar-refractivity contribution in [1.29, 1.82) is 0 Å². The monoisotopic (exact) mass is 375 g/mol. The molecule has 4 aromatic rings. The van der Waals surface area contributed by atoms with Crippen LogP contribution < -0.4 is 4.74 Å². The molecule has 6 nitrogen and oxygen atoms in total. The fraction of sp³-hybridized carbons (Fsp3) is 0.318. The molecule has 2 aromatic carbocycles. The molecule has 0 spiro atoms. The van der Waals surface area contributed by atoms with Crippen LogP contribution in [0.1, 0.15) is 48.5 Å². The Balaban J connectivity index is 1.40. The largest absolute Gasteiger partial charge is 0.480 e. The zero-order valence-corrected chi connectivity index (χ0v) is 15.7. The second kappa shape index (κ2) is 6.78. The Morgan fingerprint density at radius 3 is 2.68 bits per heavy atom. The summed E-state index contributed by atoms with van der Waals surface area (Å²) in [5.74, 6) is 1.83. The number of para-hydroxylation sites is 1. The first-order valence-corrected chi connectivity index (χ1v) is 9.61. The average Bonchev–Trinajstić information content (AvgIpc) is 3.46. The smallest absolute Gasteiger partial charge is 0.264 e. The Labute approximate surface area is 162 Å². The van der Waals surface area contributed by atoms with Gasteiger partial charge in [0.1, 0.15) is 0 Å². The van der Waals surface area contributed by atoms with E-state index in [1.165, 1.54) is 24.0 Å². The van der Waals surface area contributed by atoms with Crippen LogP contribution in [0.3, 0.4) is 0 Å². The maximum atomic E-state index is 5.86. The topological polar surface area (TPSA) is 74.2 Å². The number of hydrogen-bond donors (Lipinski definition) is 0. The summed E-state index contributed by atoms with van der Waals surface area (Å²) in [6.45, 7) is 2.29. The Bertz CT molecular complexity index is 1090. The van der Waals surface area contributed by atoms with Gasteiger partial charge in [-0.3, -0.25) is 0 Å².